The van der Waals surface area contributed by atoms with Gasteiger partial charge >= 0.3 is 6.09 Å². The lowest BCUT2D eigenvalue weighted by Crippen LogP contribution is -2.44. The highest BCUT2D eigenvalue weighted by atomic mass is 16.6. The average molecular weight is 241 g/mol. The molecule has 2 fully saturated rings. The van der Waals surface area contributed by atoms with E-state index in [0.29, 0.717) is 18.6 Å². The summed E-state index contributed by atoms with van der Waals surface area (Å²) in [5, 5.41) is 2.70. The Morgan fingerprint density at radius 3 is 2.65 bits per heavy atom. The fourth-order valence-corrected chi connectivity index (χ4v) is 2.80. The van der Waals surface area contributed by atoms with E-state index < -0.39 is 0 Å². The highest BCUT2D eigenvalue weighted by Crippen LogP contribution is 2.22. The molecular formula is C12H23N3O2. The SMILES string of the molecule is CCN(CC1CNC(=O)O1)C1CCC(N)CC1. The molecule has 2 rings (SSSR count). The number of nitrogens with zero attached hydrogens (tertiary/aromatic N) is 1. The molecule has 0 radical (unpaired) electrons. The number of nitrogens with two attached hydrogens (primary N) is 1. The van der Waals surface area contributed by atoms with Crippen LogP contribution in [-0.4, -0.2) is 48.8 Å². The molecule has 0 aromatic heterocycles. The van der Waals surface area contributed by atoms with Gasteiger partial charge in [-0.1, -0.05) is 6.92 Å². The molecule has 0 bridgehead atoms. The highest BCUT2D eigenvalue weighted by molar-refractivity contribution is 5.69. The predicted octanol–water partition coefficient (Wildman–Crippen LogP) is 0.687. The summed E-state index contributed by atoms with van der Waals surface area (Å²) in [7, 11) is 0. The van der Waals surface area contributed by atoms with Gasteiger partial charge in [-0.15, -0.1) is 0 Å². The molecule has 2 aliphatic rings. The van der Waals surface area contributed by atoms with Crippen LogP contribution >= 0.6 is 0 Å². The summed E-state index contributed by atoms with van der Waals surface area (Å²) < 4.78 is 5.19. The predicted molar refractivity (Wildman–Crippen MR) is 65.8 cm³/mol. The monoisotopic (exact) mass is 241 g/mol. The van der Waals surface area contributed by atoms with Crippen molar-refractivity contribution in [1.82, 2.24) is 10.2 Å². The third kappa shape index (κ3) is 3.33. The van der Waals surface area contributed by atoms with Gasteiger partial charge in [0.15, 0.2) is 0 Å². The van der Waals surface area contributed by atoms with E-state index in [9.17, 15) is 4.79 Å². The number of rotatable bonds is 4. The first-order valence-corrected chi connectivity index (χ1v) is 6.63. The van der Waals surface area contributed by atoms with Gasteiger partial charge in [0, 0.05) is 18.6 Å². The first-order valence-electron chi connectivity index (χ1n) is 6.63. The number of nitrogens with one attached hydrogen (secondary N) is 1. The Bertz CT molecular complexity index is 264. The number of amides is 1. The molecule has 1 saturated heterocycles. The summed E-state index contributed by atoms with van der Waals surface area (Å²) in [6.07, 6.45) is 4.30. The summed E-state index contributed by atoms with van der Waals surface area (Å²) in [6.45, 7) is 4.66. The lowest BCUT2D eigenvalue weighted by molar-refractivity contribution is 0.0792. The van der Waals surface area contributed by atoms with Crippen LogP contribution in [0.5, 0.6) is 0 Å². The maximum atomic E-state index is 11.0. The number of hydrogen-bond donors (Lipinski definition) is 2. The summed E-state index contributed by atoms with van der Waals surface area (Å²) >= 11 is 0. The summed E-state index contributed by atoms with van der Waals surface area (Å²) in [5.41, 5.74) is 5.92. The standard InChI is InChI=1S/C12H23N3O2/c1-2-15(8-11-7-14-12(16)17-11)10-5-3-9(13)4-6-10/h9-11H,2-8,13H2,1H3,(H,14,16). The summed E-state index contributed by atoms with van der Waals surface area (Å²) in [6, 6.07) is 0.995. The zero-order chi connectivity index (χ0) is 12.3. The maximum Gasteiger partial charge on any atom is 0.407 e. The van der Waals surface area contributed by atoms with Gasteiger partial charge in [0.05, 0.1) is 6.54 Å². The number of alkyl carbamates (subject to hydrolysis) is 1. The fraction of sp³-hybridized carbons (Fsp3) is 0.917. The number of ether oxygens (including phenoxy) is 1. The van der Waals surface area contributed by atoms with E-state index in [4.69, 9.17) is 10.5 Å². The third-order valence-corrected chi connectivity index (χ3v) is 3.85. The fourth-order valence-electron chi connectivity index (χ4n) is 2.80. The van der Waals surface area contributed by atoms with Crippen molar-refractivity contribution in [3.8, 4) is 0 Å². The third-order valence-electron chi connectivity index (χ3n) is 3.85. The Hall–Kier alpha value is -0.810. The lowest BCUT2D eigenvalue weighted by atomic mass is 9.90. The van der Waals surface area contributed by atoms with Crippen LogP contribution in [0.1, 0.15) is 32.6 Å². The van der Waals surface area contributed by atoms with Crippen LogP contribution < -0.4 is 11.1 Å². The molecular weight excluding hydrogens is 218 g/mol. The van der Waals surface area contributed by atoms with Crippen LogP contribution in [-0.2, 0) is 4.74 Å². The molecule has 1 amide bonds. The number of carbonyl (C=O) groups is 1. The Morgan fingerprint density at radius 2 is 2.12 bits per heavy atom. The minimum absolute atomic E-state index is 0.0121. The molecule has 1 aliphatic heterocycles. The van der Waals surface area contributed by atoms with Gasteiger partial charge in [0.1, 0.15) is 6.10 Å². The molecule has 1 heterocycles. The van der Waals surface area contributed by atoms with E-state index >= 15 is 0 Å². The molecule has 1 saturated carbocycles. The van der Waals surface area contributed by atoms with E-state index in [2.05, 4.69) is 17.1 Å². The summed E-state index contributed by atoms with van der Waals surface area (Å²) in [4.78, 5) is 13.4. The topological polar surface area (TPSA) is 67.6 Å². The van der Waals surface area contributed by atoms with Gasteiger partial charge in [-0.2, -0.15) is 0 Å². The average Bonchev–Trinajstić information content (AvgIpc) is 2.73. The first-order chi connectivity index (χ1) is 8.19. The van der Waals surface area contributed by atoms with Crippen LogP contribution in [0.2, 0.25) is 0 Å². The van der Waals surface area contributed by atoms with Crippen molar-refractivity contribution in [2.24, 2.45) is 5.73 Å². The van der Waals surface area contributed by atoms with Crippen molar-refractivity contribution in [1.29, 1.82) is 0 Å². The highest BCUT2D eigenvalue weighted by Gasteiger charge is 2.29. The van der Waals surface area contributed by atoms with Gasteiger partial charge in [0.2, 0.25) is 0 Å². The number of hydrogen-bond acceptors (Lipinski definition) is 4. The largest absolute Gasteiger partial charge is 0.443 e. The molecule has 3 N–H and O–H groups in total. The Labute approximate surface area is 103 Å². The molecule has 1 aliphatic carbocycles. The molecule has 98 valence electrons. The van der Waals surface area contributed by atoms with Gasteiger partial charge in [-0.05, 0) is 32.2 Å². The number of likely N-dealkylation sites (N-methyl/N-ethyl adjacent to an activating group) is 1. The number of cyclic esters (lactones) is 1. The molecule has 0 aromatic rings. The van der Waals surface area contributed by atoms with Crippen molar-refractivity contribution in [2.45, 2.75) is 50.8 Å². The summed E-state index contributed by atoms with van der Waals surface area (Å²) in [5.74, 6) is 0. The smallest absolute Gasteiger partial charge is 0.407 e. The van der Waals surface area contributed by atoms with Crippen molar-refractivity contribution in [3.05, 3.63) is 0 Å². The quantitative estimate of drug-likeness (QED) is 0.760. The minimum atomic E-state index is -0.281. The second-order valence-electron chi connectivity index (χ2n) is 5.06. The van der Waals surface area contributed by atoms with Crippen LogP contribution in [0.25, 0.3) is 0 Å². The van der Waals surface area contributed by atoms with Crippen molar-refractivity contribution in [2.75, 3.05) is 19.6 Å². The zero-order valence-electron chi connectivity index (χ0n) is 10.5. The Morgan fingerprint density at radius 1 is 1.41 bits per heavy atom. The van der Waals surface area contributed by atoms with E-state index in [1.807, 2.05) is 0 Å². The van der Waals surface area contributed by atoms with Gasteiger partial charge in [0.25, 0.3) is 0 Å². The normalized spacial score (nSPS) is 33.6. The van der Waals surface area contributed by atoms with Crippen LogP contribution in [0.4, 0.5) is 4.79 Å². The van der Waals surface area contributed by atoms with E-state index in [1.165, 1.54) is 12.8 Å². The lowest BCUT2D eigenvalue weighted by Gasteiger charge is -2.36. The van der Waals surface area contributed by atoms with E-state index in [0.717, 1.165) is 25.9 Å². The van der Waals surface area contributed by atoms with E-state index in [-0.39, 0.29) is 12.2 Å². The first kappa shape index (κ1) is 12.6. The van der Waals surface area contributed by atoms with E-state index in [1.54, 1.807) is 0 Å². The minimum Gasteiger partial charge on any atom is -0.443 e. The maximum absolute atomic E-state index is 11.0. The molecule has 0 spiro atoms. The Balaban J connectivity index is 1.81. The molecule has 1 unspecified atom stereocenters. The van der Waals surface area contributed by atoms with Crippen LogP contribution in [0.3, 0.4) is 0 Å². The van der Waals surface area contributed by atoms with Crippen LogP contribution in [0, 0.1) is 0 Å². The van der Waals surface area contributed by atoms with Gasteiger partial charge < -0.3 is 15.8 Å². The molecule has 0 aromatic carbocycles. The van der Waals surface area contributed by atoms with Crippen LogP contribution in [0.15, 0.2) is 0 Å². The molecule has 5 heteroatoms. The molecule has 17 heavy (non-hydrogen) atoms. The number of carbonyl (C=O) groups excluding carboxylic acids is 1. The van der Waals surface area contributed by atoms with Crippen molar-refractivity contribution >= 4 is 6.09 Å². The Kier molecular flexibility index (Phi) is 4.23. The molecule has 1 atom stereocenters. The zero-order valence-corrected chi connectivity index (χ0v) is 10.5. The molecule has 5 nitrogen and oxygen atoms in total. The van der Waals surface area contributed by atoms with Crippen molar-refractivity contribution < 1.29 is 9.53 Å². The van der Waals surface area contributed by atoms with Gasteiger partial charge in [-0.25, -0.2) is 4.79 Å². The van der Waals surface area contributed by atoms with Crippen molar-refractivity contribution in [3.63, 3.8) is 0 Å². The second kappa shape index (κ2) is 5.69. The second-order valence-corrected chi connectivity index (χ2v) is 5.06. The van der Waals surface area contributed by atoms with Gasteiger partial charge in [-0.3, -0.25) is 4.90 Å².